The van der Waals surface area contributed by atoms with Gasteiger partial charge in [-0.25, -0.2) is 0 Å². The summed E-state index contributed by atoms with van der Waals surface area (Å²) in [6.45, 7) is 0. The van der Waals surface area contributed by atoms with Crippen molar-refractivity contribution in [3.63, 3.8) is 0 Å². The fraction of sp³-hybridized carbons (Fsp3) is 0. The highest BCUT2D eigenvalue weighted by Crippen LogP contribution is 2.23. The summed E-state index contributed by atoms with van der Waals surface area (Å²) < 4.78 is 0. The lowest BCUT2D eigenvalue weighted by Gasteiger charge is -2.00. The van der Waals surface area contributed by atoms with Crippen LogP contribution in [0.15, 0.2) is 59.7 Å². The summed E-state index contributed by atoms with van der Waals surface area (Å²) in [6.07, 6.45) is 0. The summed E-state index contributed by atoms with van der Waals surface area (Å²) in [6, 6.07) is 13.1. The molecule has 0 radical (unpaired) electrons. The number of Topliss-reactive ketones (excluding diaryl/α,β-unsaturated/α-hetero) is 1. The van der Waals surface area contributed by atoms with Crippen LogP contribution < -0.4 is 5.43 Å². The van der Waals surface area contributed by atoms with Crippen molar-refractivity contribution in [2.45, 2.75) is 0 Å². The van der Waals surface area contributed by atoms with Gasteiger partial charge in [-0.05, 0) is 11.0 Å². The van der Waals surface area contributed by atoms with Crippen molar-refractivity contribution in [1.82, 2.24) is 0 Å². The topological polar surface area (TPSA) is 128 Å². The van der Waals surface area contributed by atoms with E-state index in [2.05, 4.69) is 10.5 Å². The van der Waals surface area contributed by atoms with E-state index in [1.165, 1.54) is 36.4 Å². The number of nitro groups is 2. The first kappa shape index (κ1) is 15.8. The molecule has 9 nitrogen and oxygen atoms in total. The number of nitrogens with zero attached hydrogens (tertiary/aromatic N) is 3. The van der Waals surface area contributed by atoms with Crippen LogP contribution in [0.4, 0.5) is 11.4 Å². The van der Waals surface area contributed by atoms with E-state index in [4.69, 9.17) is 0 Å². The van der Waals surface area contributed by atoms with Crippen LogP contribution in [0.1, 0.15) is 10.4 Å². The van der Waals surface area contributed by atoms with Gasteiger partial charge in [-0.1, -0.05) is 42.5 Å². The molecule has 0 aliphatic rings. The minimum atomic E-state index is -0.964. The van der Waals surface area contributed by atoms with E-state index in [-0.39, 0.29) is 16.9 Å². The molecule has 9 heteroatoms. The first-order valence-corrected chi connectivity index (χ1v) is 6.32. The fourth-order valence-electron chi connectivity index (χ4n) is 1.73. The molecule has 2 aromatic rings. The zero-order valence-electron chi connectivity index (χ0n) is 11.6. The van der Waals surface area contributed by atoms with Gasteiger partial charge < -0.3 is 10.1 Å². The van der Waals surface area contributed by atoms with E-state index in [1.807, 2.05) is 0 Å². The van der Waals surface area contributed by atoms with Crippen molar-refractivity contribution >= 4 is 23.0 Å². The molecular formula is C14H10N4O5. The summed E-state index contributed by atoms with van der Waals surface area (Å²) in [5, 5.41) is 25.3. The Kier molecular flexibility index (Phi) is 4.72. The molecule has 0 saturated carbocycles. The third-order valence-corrected chi connectivity index (χ3v) is 2.80. The number of hydrazone groups is 1. The number of amidine groups is 1. The smallest absolute Gasteiger partial charge is 0.358 e. The first-order chi connectivity index (χ1) is 11.0. The van der Waals surface area contributed by atoms with E-state index in [0.29, 0.717) is 0 Å². The highest BCUT2D eigenvalue weighted by Gasteiger charge is 2.26. The van der Waals surface area contributed by atoms with Gasteiger partial charge in [0.2, 0.25) is 0 Å². The number of carbonyl (C=O) groups excluding carboxylic acids is 1. The second-order valence-electron chi connectivity index (χ2n) is 4.27. The quantitative estimate of drug-likeness (QED) is 0.297. The average Bonchev–Trinajstić information content (AvgIpc) is 2.55. The maximum atomic E-state index is 12.1. The fourth-order valence-corrected chi connectivity index (χ4v) is 1.73. The van der Waals surface area contributed by atoms with Gasteiger partial charge >= 0.3 is 5.84 Å². The van der Waals surface area contributed by atoms with Gasteiger partial charge in [0, 0.05) is 11.6 Å². The summed E-state index contributed by atoms with van der Waals surface area (Å²) in [4.78, 5) is 32.4. The van der Waals surface area contributed by atoms with Gasteiger partial charge in [-0.15, -0.1) is 0 Å². The molecule has 0 amide bonds. The first-order valence-electron chi connectivity index (χ1n) is 6.32. The monoisotopic (exact) mass is 314 g/mol. The molecule has 2 aromatic carbocycles. The van der Waals surface area contributed by atoms with Gasteiger partial charge in [-0.2, -0.15) is 5.43 Å². The Hall–Kier alpha value is -3.62. The average molecular weight is 314 g/mol. The number of nitro benzene ring substituents is 1. The van der Waals surface area contributed by atoms with E-state index >= 15 is 0 Å². The van der Waals surface area contributed by atoms with Crippen LogP contribution in [-0.2, 0) is 0 Å². The number of carbonyl (C=O) groups is 1. The Bertz CT molecular complexity index is 789. The van der Waals surface area contributed by atoms with Crippen LogP contribution in [0, 0.1) is 20.2 Å². The lowest BCUT2D eigenvalue weighted by Crippen LogP contribution is -2.24. The van der Waals surface area contributed by atoms with Crippen molar-refractivity contribution in [3.05, 3.63) is 80.4 Å². The number of para-hydroxylation sites is 2. The molecule has 1 N–H and O–H groups in total. The summed E-state index contributed by atoms with van der Waals surface area (Å²) in [7, 11) is 0. The number of rotatable bonds is 5. The molecule has 0 unspecified atom stereocenters. The van der Waals surface area contributed by atoms with Crippen molar-refractivity contribution < 1.29 is 14.6 Å². The predicted octanol–water partition coefficient (Wildman–Crippen LogP) is 2.48. The highest BCUT2D eigenvalue weighted by atomic mass is 16.6. The summed E-state index contributed by atoms with van der Waals surface area (Å²) >= 11 is 0. The van der Waals surface area contributed by atoms with E-state index in [9.17, 15) is 25.0 Å². The van der Waals surface area contributed by atoms with E-state index in [0.717, 1.165) is 0 Å². The maximum absolute atomic E-state index is 12.1. The minimum absolute atomic E-state index is 0.0577. The number of hydrogen-bond donors (Lipinski definition) is 1. The minimum Gasteiger partial charge on any atom is -0.358 e. The second-order valence-corrected chi connectivity index (χ2v) is 4.27. The van der Waals surface area contributed by atoms with E-state index < -0.39 is 21.5 Å². The molecule has 116 valence electrons. The van der Waals surface area contributed by atoms with E-state index in [1.54, 1.807) is 18.2 Å². The van der Waals surface area contributed by atoms with Gasteiger partial charge in [0.05, 0.1) is 10.0 Å². The molecule has 2 rings (SSSR count). The Balaban J connectivity index is 2.33. The molecule has 0 fully saturated rings. The van der Waals surface area contributed by atoms with Crippen LogP contribution in [-0.4, -0.2) is 21.5 Å². The largest absolute Gasteiger partial charge is 0.436 e. The lowest BCUT2D eigenvalue weighted by molar-refractivity contribution is -0.384. The van der Waals surface area contributed by atoms with Crippen molar-refractivity contribution in [3.8, 4) is 0 Å². The predicted molar refractivity (Wildman–Crippen MR) is 81.9 cm³/mol. The molecule has 0 saturated heterocycles. The van der Waals surface area contributed by atoms with Crippen LogP contribution in [0.3, 0.4) is 0 Å². The Morgan fingerprint density at radius 1 is 0.957 bits per heavy atom. The Morgan fingerprint density at radius 2 is 1.57 bits per heavy atom. The molecule has 0 spiro atoms. The highest BCUT2D eigenvalue weighted by molar-refractivity contribution is 6.42. The van der Waals surface area contributed by atoms with Crippen LogP contribution >= 0.6 is 0 Å². The second kappa shape index (κ2) is 6.89. The van der Waals surface area contributed by atoms with Crippen LogP contribution in [0.5, 0.6) is 0 Å². The third kappa shape index (κ3) is 3.73. The molecule has 0 bridgehead atoms. The number of benzene rings is 2. The Morgan fingerprint density at radius 3 is 2.17 bits per heavy atom. The SMILES string of the molecule is O=C(/C(=N/Nc1ccccc1[N+](=O)[O-])[N+](=O)[O-])c1ccccc1. The summed E-state index contributed by atoms with van der Waals surface area (Å²) in [5.41, 5.74) is 1.93. The maximum Gasteiger partial charge on any atom is 0.436 e. The normalized spacial score (nSPS) is 10.9. The standard InChI is InChI=1S/C14H10N4O5/c19-13(10-6-2-1-3-7-10)14(18(22)23)16-15-11-8-4-5-9-12(11)17(20)21/h1-9,15H/b16-14-. The number of anilines is 1. The number of ketones is 1. The van der Waals surface area contributed by atoms with Crippen molar-refractivity contribution in [2.24, 2.45) is 5.10 Å². The zero-order chi connectivity index (χ0) is 16.8. The van der Waals surface area contributed by atoms with Crippen LogP contribution in [0.25, 0.3) is 0 Å². The van der Waals surface area contributed by atoms with Crippen molar-refractivity contribution in [2.75, 3.05) is 5.43 Å². The Labute approximate surface area is 129 Å². The van der Waals surface area contributed by atoms with Gasteiger partial charge in [0.1, 0.15) is 0 Å². The lowest BCUT2D eigenvalue weighted by atomic mass is 10.1. The van der Waals surface area contributed by atoms with Crippen molar-refractivity contribution in [1.29, 1.82) is 0 Å². The van der Waals surface area contributed by atoms with Gasteiger partial charge in [0.15, 0.2) is 5.69 Å². The number of hydrogen-bond acceptors (Lipinski definition) is 7. The molecule has 0 aliphatic carbocycles. The molecule has 0 aromatic heterocycles. The molecule has 23 heavy (non-hydrogen) atoms. The molecule has 0 heterocycles. The summed E-state index contributed by atoms with van der Waals surface area (Å²) in [5.74, 6) is -1.86. The van der Waals surface area contributed by atoms with Gasteiger partial charge in [0.25, 0.3) is 11.5 Å². The van der Waals surface area contributed by atoms with Gasteiger partial charge in [-0.3, -0.25) is 14.9 Å². The molecule has 0 atom stereocenters. The molecular weight excluding hydrogens is 304 g/mol. The van der Waals surface area contributed by atoms with Crippen LogP contribution in [0.2, 0.25) is 0 Å². The third-order valence-electron chi connectivity index (χ3n) is 2.80. The zero-order valence-corrected chi connectivity index (χ0v) is 11.6. The number of nitrogens with one attached hydrogen (secondary N) is 1. The molecule has 0 aliphatic heterocycles.